The van der Waals surface area contributed by atoms with E-state index in [0.29, 0.717) is 0 Å². The number of rotatable bonds is 5. The molecule has 3 rings (SSSR count). The fourth-order valence-corrected chi connectivity index (χ4v) is 3.44. The summed E-state index contributed by atoms with van der Waals surface area (Å²) in [7, 11) is 0. The molecule has 1 heterocycles. The van der Waals surface area contributed by atoms with Gasteiger partial charge in [0, 0.05) is 32.7 Å². The monoisotopic (exact) mass is 323 g/mol. The number of amides is 1. The lowest BCUT2D eigenvalue weighted by atomic mass is 10.0. The second kappa shape index (κ2) is 7.60. The molecule has 0 spiro atoms. The van der Waals surface area contributed by atoms with Gasteiger partial charge in [0.05, 0.1) is 0 Å². The van der Waals surface area contributed by atoms with Crippen LogP contribution in [-0.4, -0.2) is 41.9 Å². The normalized spacial score (nSPS) is 17.5. The van der Waals surface area contributed by atoms with E-state index in [-0.39, 0.29) is 11.9 Å². The van der Waals surface area contributed by atoms with Gasteiger partial charge in [-0.15, -0.1) is 0 Å². The first-order chi connectivity index (χ1) is 11.6. The van der Waals surface area contributed by atoms with Crippen molar-refractivity contribution in [3.05, 3.63) is 71.3 Å². The quantitative estimate of drug-likeness (QED) is 0.919. The predicted octanol–water partition coefficient (Wildman–Crippen LogP) is 2.34. The van der Waals surface area contributed by atoms with Crippen LogP contribution in [0, 0.1) is 6.92 Å². The van der Waals surface area contributed by atoms with Gasteiger partial charge < -0.3 is 5.73 Å². The molecule has 24 heavy (non-hydrogen) atoms. The molecule has 0 unspecified atom stereocenters. The van der Waals surface area contributed by atoms with Crippen molar-refractivity contribution in [3.8, 4) is 0 Å². The van der Waals surface area contributed by atoms with Gasteiger partial charge in [-0.25, -0.2) is 0 Å². The summed E-state index contributed by atoms with van der Waals surface area (Å²) in [4.78, 5) is 16.6. The summed E-state index contributed by atoms with van der Waals surface area (Å²) in [5.41, 5.74) is 9.30. The molecule has 0 saturated carbocycles. The first kappa shape index (κ1) is 16.7. The minimum Gasteiger partial charge on any atom is -0.368 e. The average Bonchev–Trinajstić information content (AvgIpc) is 2.57. The molecular weight excluding hydrogens is 298 g/mol. The number of nitrogens with two attached hydrogens (primary N) is 1. The van der Waals surface area contributed by atoms with Crippen LogP contribution in [0.1, 0.15) is 22.7 Å². The zero-order chi connectivity index (χ0) is 16.9. The molecule has 1 atom stereocenters. The number of carbonyl (C=O) groups excluding carboxylic acids is 1. The number of hydrogen-bond donors (Lipinski definition) is 1. The van der Waals surface area contributed by atoms with Gasteiger partial charge in [0.2, 0.25) is 5.91 Å². The molecule has 4 heteroatoms. The highest BCUT2D eigenvalue weighted by atomic mass is 16.1. The third kappa shape index (κ3) is 4.02. The molecule has 1 saturated heterocycles. The Labute approximate surface area is 143 Å². The Morgan fingerprint density at radius 2 is 1.75 bits per heavy atom. The van der Waals surface area contributed by atoms with Crippen LogP contribution in [0.2, 0.25) is 0 Å². The topological polar surface area (TPSA) is 49.6 Å². The lowest BCUT2D eigenvalue weighted by Crippen LogP contribution is -2.49. The average molecular weight is 323 g/mol. The van der Waals surface area contributed by atoms with Crippen molar-refractivity contribution in [2.24, 2.45) is 5.73 Å². The second-order valence-corrected chi connectivity index (χ2v) is 6.52. The van der Waals surface area contributed by atoms with Crippen molar-refractivity contribution in [1.29, 1.82) is 0 Å². The van der Waals surface area contributed by atoms with Crippen LogP contribution >= 0.6 is 0 Å². The number of aryl methyl sites for hydroxylation is 1. The van der Waals surface area contributed by atoms with Gasteiger partial charge in [-0.1, -0.05) is 60.2 Å². The maximum Gasteiger partial charge on any atom is 0.239 e. The number of hydrogen-bond acceptors (Lipinski definition) is 3. The SMILES string of the molecule is Cc1cccc(CN2CCN([C@@H](C(N)=O)c3ccccc3)CC2)c1. The highest BCUT2D eigenvalue weighted by molar-refractivity contribution is 5.81. The number of nitrogens with zero attached hydrogens (tertiary/aromatic N) is 2. The van der Waals surface area contributed by atoms with Crippen LogP contribution in [0.3, 0.4) is 0 Å². The summed E-state index contributed by atoms with van der Waals surface area (Å²) < 4.78 is 0. The van der Waals surface area contributed by atoms with E-state index in [9.17, 15) is 4.79 Å². The van der Waals surface area contributed by atoms with E-state index in [2.05, 4.69) is 41.0 Å². The molecule has 2 aromatic carbocycles. The van der Waals surface area contributed by atoms with E-state index in [4.69, 9.17) is 5.73 Å². The van der Waals surface area contributed by atoms with Crippen LogP contribution in [-0.2, 0) is 11.3 Å². The van der Waals surface area contributed by atoms with E-state index < -0.39 is 0 Å². The summed E-state index contributed by atoms with van der Waals surface area (Å²) in [5.74, 6) is -0.270. The molecule has 1 fully saturated rings. The summed E-state index contributed by atoms with van der Waals surface area (Å²) in [6.45, 7) is 6.69. The van der Waals surface area contributed by atoms with Crippen LogP contribution in [0.15, 0.2) is 54.6 Å². The molecule has 0 aromatic heterocycles. The fourth-order valence-electron chi connectivity index (χ4n) is 3.44. The van der Waals surface area contributed by atoms with E-state index in [0.717, 1.165) is 38.3 Å². The predicted molar refractivity (Wildman–Crippen MR) is 96.4 cm³/mol. The molecule has 0 radical (unpaired) electrons. The lowest BCUT2D eigenvalue weighted by molar-refractivity contribution is -0.124. The highest BCUT2D eigenvalue weighted by Gasteiger charge is 2.28. The van der Waals surface area contributed by atoms with E-state index in [1.54, 1.807) is 0 Å². The van der Waals surface area contributed by atoms with E-state index in [1.165, 1.54) is 11.1 Å². The molecular formula is C20H25N3O. The van der Waals surface area contributed by atoms with Crippen molar-refractivity contribution in [1.82, 2.24) is 9.80 Å². The first-order valence-corrected chi connectivity index (χ1v) is 8.50. The van der Waals surface area contributed by atoms with E-state index >= 15 is 0 Å². The molecule has 1 aliphatic heterocycles. The number of primary amides is 1. The van der Waals surface area contributed by atoms with Gasteiger partial charge in [-0.3, -0.25) is 14.6 Å². The van der Waals surface area contributed by atoms with Crippen molar-refractivity contribution < 1.29 is 4.79 Å². The molecule has 2 N–H and O–H groups in total. The molecule has 0 aliphatic carbocycles. The van der Waals surface area contributed by atoms with E-state index in [1.807, 2.05) is 30.3 Å². The fraction of sp³-hybridized carbons (Fsp3) is 0.350. The summed E-state index contributed by atoms with van der Waals surface area (Å²) >= 11 is 0. The maximum absolute atomic E-state index is 12.0. The highest BCUT2D eigenvalue weighted by Crippen LogP contribution is 2.22. The van der Waals surface area contributed by atoms with Crippen LogP contribution in [0.5, 0.6) is 0 Å². The van der Waals surface area contributed by atoms with Crippen molar-refractivity contribution >= 4 is 5.91 Å². The first-order valence-electron chi connectivity index (χ1n) is 8.50. The van der Waals surface area contributed by atoms with Gasteiger partial charge in [0.1, 0.15) is 6.04 Å². The Hall–Kier alpha value is -2.17. The standard InChI is InChI=1S/C20H25N3O/c1-16-6-5-7-17(14-16)15-22-10-12-23(13-11-22)19(20(21)24)18-8-3-2-4-9-18/h2-9,14,19H,10-13,15H2,1H3,(H2,21,24)/t19-/m1/s1. The summed E-state index contributed by atoms with van der Waals surface area (Å²) in [6.07, 6.45) is 0. The van der Waals surface area contributed by atoms with Gasteiger partial charge >= 0.3 is 0 Å². The Kier molecular flexibility index (Phi) is 5.28. The lowest BCUT2D eigenvalue weighted by Gasteiger charge is -2.38. The van der Waals surface area contributed by atoms with Gasteiger partial charge in [-0.05, 0) is 18.1 Å². The molecule has 2 aromatic rings. The minimum absolute atomic E-state index is 0.270. The zero-order valence-electron chi connectivity index (χ0n) is 14.2. The second-order valence-electron chi connectivity index (χ2n) is 6.52. The number of carbonyl (C=O) groups is 1. The third-order valence-electron chi connectivity index (χ3n) is 4.65. The molecule has 1 amide bonds. The van der Waals surface area contributed by atoms with Crippen LogP contribution in [0.4, 0.5) is 0 Å². The third-order valence-corrected chi connectivity index (χ3v) is 4.65. The van der Waals surface area contributed by atoms with Gasteiger partial charge in [0.25, 0.3) is 0 Å². The minimum atomic E-state index is -0.327. The molecule has 126 valence electrons. The largest absolute Gasteiger partial charge is 0.368 e. The van der Waals surface area contributed by atoms with Crippen LogP contribution in [0.25, 0.3) is 0 Å². The van der Waals surface area contributed by atoms with Gasteiger partial charge in [-0.2, -0.15) is 0 Å². The van der Waals surface area contributed by atoms with Crippen molar-refractivity contribution in [3.63, 3.8) is 0 Å². The Morgan fingerprint density at radius 3 is 2.38 bits per heavy atom. The molecule has 4 nitrogen and oxygen atoms in total. The Morgan fingerprint density at radius 1 is 1.04 bits per heavy atom. The molecule has 1 aliphatic rings. The van der Waals surface area contributed by atoms with Crippen molar-refractivity contribution in [2.75, 3.05) is 26.2 Å². The molecule has 0 bridgehead atoms. The van der Waals surface area contributed by atoms with Crippen LogP contribution < -0.4 is 5.73 Å². The number of piperazine rings is 1. The zero-order valence-corrected chi connectivity index (χ0v) is 14.2. The number of benzene rings is 2. The maximum atomic E-state index is 12.0. The summed E-state index contributed by atoms with van der Waals surface area (Å²) in [5, 5.41) is 0. The van der Waals surface area contributed by atoms with Crippen molar-refractivity contribution in [2.45, 2.75) is 19.5 Å². The summed E-state index contributed by atoms with van der Waals surface area (Å²) in [6, 6.07) is 18.2. The van der Waals surface area contributed by atoms with Gasteiger partial charge in [0.15, 0.2) is 0 Å². The Balaban J connectivity index is 1.62. The Bertz CT molecular complexity index is 678. The smallest absolute Gasteiger partial charge is 0.239 e.